The molecule has 0 radical (unpaired) electrons. The monoisotopic (exact) mass is 793 g/mol. The number of carbonyl (C=O) groups is 2. The van der Waals surface area contributed by atoms with Crippen molar-refractivity contribution in [2.24, 2.45) is 0 Å². The minimum atomic E-state index is -0.879. The van der Waals surface area contributed by atoms with Gasteiger partial charge in [-0.1, -0.05) is 12.1 Å². The van der Waals surface area contributed by atoms with E-state index >= 15 is 0 Å². The number of carboxylic acids is 1. The molecular formula is C37H63NO17. The van der Waals surface area contributed by atoms with Crippen molar-refractivity contribution in [2.75, 3.05) is 178 Å². The lowest BCUT2D eigenvalue weighted by Crippen LogP contribution is -2.27. The summed E-state index contributed by atoms with van der Waals surface area (Å²) in [7, 11) is 0. The number of amides is 1. The maximum Gasteiger partial charge on any atom is 0.305 e. The summed E-state index contributed by atoms with van der Waals surface area (Å²) in [5.41, 5.74) is 1.38. The van der Waals surface area contributed by atoms with Crippen LogP contribution in [0.3, 0.4) is 0 Å². The maximum atomic E-state index is 12.4. The average Bonchev–Trinajstić information content (AvgIpc) is 3.74. The summed E-state index contributed by atoms with van der Waals surface area (Å²) in [6.45, 7) is 12.2. The second-order valence-electron chi connectivity index (χ2n) is 11.4. The molecule has 0 unspecified atom stereocenters. The van der Waals surface area contributed by atoms with Gasteiger partial charge in [-0.25, -0.2) is 0 Å². The highest BCUT2D eigenvalue weighted by molar-refractivity contribution is 5.94. The molecule has 0 aromatic heterocycles. The van der Waals surface area contributed by atoms with Gasteiger partial charge in [0.2, 0.25) is 0 Å². The highest BCUT2D eigenvalue weighted by atomic mass is 16.7. The zero-order chi connectivity index (χ0) is 39.1. The van der Waals surface area contributed by atoms with Crippen molar-refractivity contribution in [3.05, 3.63) is 35.4 Å². The van der Waals surface area contributed by atoms with Crippen LogP contribution in [0, 0.1) is 0 Å². The standard InChI is InChI=1S/C37H63NO17/c39-35(40)4-6-42-8-10-44-12-14-46-16-18-48-20-22-50-24-26-52-28-29-53-27-25-51-23-21-49-19-17-47-15-13-45-11-9-43-7-5-38-36(41)33-2-1-3-34(32-33)37-54-30-31-55-37/h1-3,32,37H,4-31H2,(H,38,41)(H,39,40). The SMILES string of the molecule is O=C(O)CCOCCOCCOCCOCCOCCOCCOCCOCCOCCOCCOCCOCCNC(=O)c1cccc(C2OCCO2)c1. The van der Waals surface area contributed by atoms with Gasteiger partial charge in [0, 0.05) is 17.7 Å². The molecule has 2 rings (SSSR count). The fourth-order valence-corrected chi connectivity index (χ4v) is 4.40. The highest BCUT2D eigenvalue weighted by Crippen LogP contribution is 2.23. The first-order valence-corrected chi connectivity index (χ1v) is 18.9. The van der Waals surface area contributed by atoms with Crippen LogP contribution in [0.25, 0.3) is 0 Å². The van der Waals surface area contributed by atoms with E-state index in [0.29, 0.717) is 177 Å². The van der Waals surface area contributed by atoms with E-state index in [1.165, 1.54) is 0 Å². The van der Waals surface area contributed by atoms with Gasteiger partial charge in [0.1, 0.15) is 0 Å². The second kappa shape index (κ2) is 37.2. The topological polar surface area (TPSA) is 196 Å². The number of hydrogen-bond acceptors (Lipinski definition) is 16. The minimum Gasteiger partial charge on any atom is -0.481 e. The highest BCUT2D eigenvalue weighted by Gasteiger charge is 2.19. The third-order valence-electron chi connectivity index (χ3n) is 7.13. The first-order chi connectivity index (χ1) is 27.2. The molecule has 0 saturated carbocycles. The van der Waals surface area contributed by atoms with Crippen LogP contribution in [0.5, 0.6) is 0 Å². The number of aliphatic carboxylic acids is 1. The Balaban J connectivity index is 1.16. The van der Waals surface area contributed by atoms with Crippen molar-refractivity contribution in [3.8, 4) is 0 Å². The Kier molecular flexibility index (Phi) is 33.0. The van der Waals surface area contributed by atoms with E-state index < -0.39 is 12.3 Å². The van der Waals surface area contributed by atoms with Crippen LogP contribution in [-0.2, 0) is 71.1 Å². The van der Waals surface area contributed by atoms with Crippen LogP contribution < -0.4 is 5.32 Å². The van der Waals surface area contributed by atoms with E-state index in [0.717, 1.165) is 5.56 Å². The molecule has 318 valence electrons. The Bertz CT molecular complexity index is 1030. The summed E-state index contributed by atoms with van der Waals surface area (Å²) in [5, 5.41) is 11.3. The molecule has 1 aromatic rings. The molecule has 1 fully saturated rings. The van der Waals surface area contributed by atoms with Crippen LogP contribution in [0.4, 0.5) is 0 Å². The number of carboxylic acid groups (broad SMARTS) is 1. The quantitative estimate of drug-likeness (QED) is 0.0895. The number of benzene rings is 1. The summed E-state index contributed by atoms with van der Waals surface area (Å²) in [4.78, 5) is 22.7. The number of hydrogen-bond donors (Lipinski definition) is 2. The Labute approximate surface area is 324 Å². The molecule has 18 heteroatoms. The predicted octanol–water partition coefficient (Wildman–Crippen LogP) is 1.14. The Morgan fingerprint density at radius 1 is 0.509 bits per heavy atom. The van der Waals surface area contributed by atoms with Gasteiger partial charge in [0.05, 0.1) is 178 Å². The lowest BCUT2D eigenvalue weighted by Gasteiger charge is -2.11. The van der Waals surface area contributed by atoms with Gasteiger partial charge in [0.25, 0.3) is 5.91 Å². The largest absolute Gasteiger partial charge is 0.481 e. The van der Waals surface area contributed by atoms with Crippen LogP contribution >= 0.6 is 0 Å². The molecule has 2 N–H and O–H groups in total. The van der Waals surface area contributed by atoms with Gasteiger partial charge in [-0.2, -0.15) is 0 Å². The number of carbonyl (C=O) groups excluding carboxylic acids is 1. The fraction of sp³-hybridized carbons (Fsp3) is 0.784. The van der Waals surface area contributed by atoms with Crippen molar-refractivity contribution < 1.29 is 81.0 Å². The number of rotatable bonds is 41. The maximum absolute atomic E-state index is 12.4. The van der Waals surface area contributed by atoms with Gasteiger partial charge in [0.15, 0.2) is 6.29 Å². The van der Waals surface area contributed by atoms with Crippen molar-refractivity contribution in [1.82, 2.24) is 5.32 Å². The molecule has 0 atom stereocenters. The molecule has 1 heterocycles. The van der Waals surface area contributed by atoms with Gasteiger partial charge < -0.3 is 76.7 Å². The fourth-order valence-electron chi connectivity index (χ4n) is 4.40. The predicted molar refractivity (Wildman–Crippen MR) is 196 cm³/mol. The smallest absolute Gasteiger partial charge is 0.305 e. The average molecular weight is 794 g/mol. The molecule has 0 spiro atoms. The van der Waals surface area contributed by atoms with Crippen molar-refractivity contribution in [1.29, 1.82) is 0 Å². The van der Waals surface area contributed by atoms with Crippen molar-refractivity contribution in [3.63, 3.8) is 0 Å². The van der Waals surface area contributed by atoms with E-state index in [9.17, 15) is 9.59 Å². The third kappa shape index (κ3) is 30.4. The molecule has 1 aromatic carbocycles. The van der Waals surface area contributed by atoms with Crippen LogP contribution in [0.1, 0.15) is 28.6 Å². The lowest BCUT2D eigenvalue weighted by atomic mass is 10.1. The van der Waals surface area contributed by atoms with Gasteiger partial charge in [-0.05, 0) is 12.1 Å². The summed E-state index contributed by atoms with van der Waals surface area (Å²) in [5.74, 6) is -1.05. The van der Waals surface area contributed by atoms with Crippen LogP contribution in [0.2, 0.25) is 0 Å². The normalized spacial score (nSPS) is 13.2. The summed E-state index contributed by atoms with van der Waals surface area (Å²) < 4.78 is 76.1. The number of nitrogens with one attached hydrogen (secondary N) is 1. The lowest BCUT2D eigenvalue weighted by molar-refractivity contribution is -0.138. The van der Waals surface area contributed by atoms with E-state index in [4.69, 9.17) is 71.4 Å². The zero-order valence-electron chi connectivity index (χ0n) is 32.2. The van der Waals surface area contributed by atoms with Crippen molar-refractivity contribution >= 4 is 11.9 Å². The first-order valence-electron chi connectivity index (χ1n) is 18.9. The van der Waals surface area contributed by atoms with Crippen LogP contribution in [0.15, 0.2) is 24.3 Å². The summed E-state index contributed by atoms with van der Waals surface area (Å²) in [6, 6.07) is 7.23. The molecule has 1 amide bonds. The zero-order valence-corrected chi connectivity index (χ0v) is 32.2. The third-order valence-corrected chi connectivity index (χ3v) is 7.13. The minimum absolute atomic E-state index is 0.00776. The van der Waals surface area contributed by atoms with Gasteiger partial charge in [-0.15, -0.1) is 0 Å². The molecule has 55 heavy (non-hydrogen) atoms. The Morgan fingerprint density at radius 2 is 0.836 bits per heavy atom. The van der Waals surface area contributed by atoms with E-state index in [1.807, 2.05) is 12.1 Å². The second-order valence-corrected chi connectivity index (χ2v) is 11.4. The summed E-state index contributed by atoms with van der Waals surface area (Å²) >= 11 is 0. The molecule has 1 aliphatic rings. The molecular weight excluding hydrogens is 730 g/mol. The Hall–Kier alpha value is -2.40. The van der Waals surface area contributed by atoms with E-state index in [1.54, 1.807) is 12.1 Å². The molecule has 18 nitrogen and oxygen atoms in total. The summed E-state index contributed by atoms with van der Waals surface area (Å²) in [6.07, 6.45) is -0.418. The number of ether oxygens (including phenoxy) is 14. The van der Waals surface area contributed by atoms with Crippen LogP contribution in [-0.4, -0.2) is 195 Å². The molecule has 1 aliphatic heterocycles. The molecule has 1 saturated heterocycles. The van der Waals surface area contributed by atoms with E-state index in [-0.39, 0.29) is 18.9 Å². The molecule has 0 aliphatic carbocycles. The van der Waals surface area contributed by atoms with Gasteiger partial charge >= 0.3 is 5.97 Å². The first kappa shape index (κ1) is 48.7. The molecule has 0 bridgehead atoms. The van der Waals surface area contributed by atoms with Crippen molar-refractivity contribution in [2.45, 2.75) is 12.7 Å². The van der Waals surface area contributed by atoms with Gasteiger partial charge in [-0.3, -0.25) is 9.59 Å². The van der Waals surface area contributed by atoms with E-state index in [2.05, 4.69) is 5.32 Å². The Morgan fingerprint density at radius 3 is 1.18 bits per heavy atom.